The number of hydrogen-bond donors (Lipinski definition) is 4. The number of carbonyl (C=O) groups excluding carboxylic acids is 10. The highest BCUT2D eigenvalue weighted by molar-refractivity contribution is 5.80. The number of hydrogen-bond acceptors (Lipinski definition) is 23. The van der Waals surface area contributed by atoms with Gasteiger partial charge in [-0.05, 0) is 119 Å². The van der Waals surface area contributed by atoms with Gasteiger partial charge in [-0.15, -0.1) is 0 Å². The summed E-state index contributed by atoms with van der Waals surface area (Å²) in [5.41, 5.74) is -1.30. The predicted molar refractivity (Wildman–Crippen MR) is 421 cm³/mol. The quantitative estimate of drug-likeness (QED) is 0.0250. The molecule has 646 valence electrons. The molecule has 112 heavy (non-hydrogen) atoms. The third kappa shape index (κ3) is 44.6. The molecule has 3 saturated heterocycles. The number of aliphatic carboxylic acids is 1. The van der Waals surface area contributed by atoms with E-state index in [1.54, 1.807) is 0 Å². The molecule has 3 fully saturated rings. The van der Waals surface area contributed by atoms with Crippen LogP contribution in [0.15, 0.2) is 0 Å². The van der Waals surface area contributed by atoms with E-state index in [0.717, 1.165) is 38.5 Å². The van der Waals surface area contributed by atoms with E-state index in [2.05, 4.69) is 78.3 Å². The summed E-state index contributed by atoms with van der Waals surface area (Å²) in [6.07, 6.45) is 14.9. The van der Waals surface area contributed by atoms with Crippen molar-refractivity contribution < 1.29 is 115 Å². The first-order valence-corrected chi connectivity index (χ1v) is 42.6. The molecule has 3 aliphatic rings. The van der Waals surface area contributed by atoms with Crippen LogP contribution in [0.5, 0.6) is 0 Å². The molecule has 0 aromatic rings. The topological polar surface area (TPSA) is 355 Å². The van der Waals surface area contributed by atoms with Crippen LogP contribution in [0.2, 0.25) is 0 Å². The lowest BCUT2D eigenvalue weighted by Crippen LogP contribution is -2.58. The summed E-state index contributed by atoms with van der Waals surface area (Å²) in [7, 11) is 0. The van der Waals surface area contributed by atoms with Crippen molar-refractivity contribution >= 4 is 64.7 Å². The number of rotatable bonds is 66. The number of carbonyl (C=O) groups is 11. The molecule has 4 N–H and O–H groups in total. The van der Waals surface area contributed by atoms with E-state index in [-0.39, 0.29) is 204 Å². The lowest BCUT2D eigenvalue weighted by atomic mass is 9.79. The maximum Gasteiger partial charge on any atom is 0.303 e. The van der Waals surface area contributed by atoms with Gasteiger partial charge in [0.05, 0.1) is 58.0 Å². The first-order chi connectivity index (χ1) is 53.5. The lowest BCUT2D eigenvalue weighted by molar-refractivity contribution is -0.255. The molecule has 3 aliphatic heterocycles. The maximum atomic E-state index is 13.9. The summed E-state index contributed by atoms with van der Waals surface area (Å²) < 4.78 is 71.2. The van der Waals surface area contributed by atoms with E-state index in [0.29, 0.717) is 186 Å². The van der Waals surface area contributed by atoms with Gasteiger partial charge in [0.2, 0.25) is 17.7 Å². The molecule has 0 aromatic heterocycles. The third-order valence-electron chi connectivity index (χ3n) is 22.8. The number of Topliss-reactive ketones (excluding diaryl/α,β-unsaturated/α-hetero) is 4. The molecule has 0 radical (unpaired) electrons. The third-order valence-corrected chi connectivity index (χ3v) is 22.8. The van der Waals surface area contributed by atoms with Crippen LogP contribution in [0.1, 0.15) is 289 Å². The Balaban J connectivity index is 1.51. The van der Waals surface area contributed by atoms with Crippen molar-refractivity contribution in [1.29, 1.82) is 0 Å². The number of esters is 3. The van der Waals surface area contributed by atoms with Crippen molar-refractivity contribution in [3.63, 3.8) is 0 Å². The smallest absolute Gasteiger partial charge is 0.303 e. The number of carboxylic acids is 1. The van der Waals surface area contributed by atoms with Gasteiger partial charge in [0.25, 0.3) is 0 Å². The van der Waals surface area contributed by atoms with Gasteiger partial charge in [-0.25, -0.2) is 0 Å². The second kappa shape index (κ2) is 59.3. The number of unbranched alkanes of at least 4 members (excludes halogenated alkanes) is 13. The zero-order valence-corrected chi connectivity index (χ0v) is 70.5. The lowest BCUT2D eigenvalue weighted by Gasteiger charge is -2.43. The molecule has 0 bridgehead atoms. The monoisotopic (exact) mass is 1590 g/mol. The fraction of sp³-hybridized carbons (Fsp3) is 0.871. The first kappa shape index (κ1) is 101. The van der Waals surface area contributed by atoms with Crippen LogP contribution >= 0.6 is 0 Å². The van der Waals surface area contributed by atoms with Gasteiger partial charge in [0.1, 0.15) is 48.5 Å². The van der Waals surface area contributed by atoms with E-state index < -0.39 is 30.4 Å². The van der Waals surface area contributed by atoms with Crippen molar-refractivity contribution in [1.82, 2.24) is 16.0 Å². The number of nitrogens with one attached hydrogen (secondary N) is 3. The van der Waals surface area contributed by atoms with E-state index in [1.807, 2.05) is 0 Å². The molecule has 3 amide bonds. The minimum atomic E-state index is -1.30. The Kier molecular flexibility index (Phi) is 53.4. The normalized spacial score (nSPS) is 24.3. The van der Waals surface area contributed by atoms with E-state index >= 15 is 0 Å². The Morgan fingerprint density at radius 1 is 0.304 bits per heavy atom. The summed E-state index contributed by atoms with van der Waals surface area (Å²) in [5.74, 6) is -0.240. The summed E-state index contributed by atoms with van der Waals surface area (Å²) in [6, 6.07) is 0. The van der Waals surface area contributed by atoms with Gasteiger partial charge < -0.3 is 77.9 Å². The summed E-state index contributed by atoms with van der Waals surface area (Å²) in [4.78, 5) is 137. The van der Waals surface area contributed by atoms with Crippen LogP contribution in [0.4, 0.5) is 0 Å². The van der Waals surface area contributed by atoms with Gasteiger partial charge in [-0.1, -0.05) is 107 Å². The highest BCUT2D eigenvalue weighted by Gasteiger charge is 2.43. The van der Waals surface area contributed by atoms with Crippen molar-refractivity contribution in [3.05, 3.63) is 0 Å². The Morgan fingerprint density at radius 2 is 0.580 bits per heavy atom. The Bertz CT molecular complexity index is 2620. The number of ketones is 4. The molecular formula is C85H147N3O24. The van der Waals surface area contributed by atoms with Crippen molar-refractivity contribution in [2.24, 2.45) is 53.3 Å². The van der Waals surface area contributed by atoms with Gasteiger partial charge >= 0.3 is 23.9 Å². The molecule has 3 heterocycles. The second-order valence-corrected chi connectivity index (χ2v) is 32.2. The molecule has 27 nitrogen and oxygen atoms in total. The SMILES string of the molecule is CC(=O)OCC1O[C@@H](OCCCCCC(=O)NCCCNC(=O)CCOCC(COCCC(=O)CCCCCC(=O)CCCCO[C@@H]2OC(COC(C)=O)[C@H](C)[C@H](C)C2C)(COCCC(=O)CCCCCC(=O)CCCCO[C@@H]2OC(COC(C)=O)[C@H](C)[C@H](C)C2C)NC(=O)CCCCCCCCC(=O)O)C(C)[C@@H](C)[C@H]1C. The number of amides is 3. The molecule has 0 saturated carbocycles. The Morgan fingerprint density at radius 3 is 0.938 bits per heavy atom. The van der Waals surface area contributed by atoms with Crippen LogP contribution < -0.4 is 16.0 Å². The second-order valence-electron chi connectivity index (χ2n) is 32.2. The van der Waals surface area contributed by atoms with Crippen molar-refractivity contribution in [3.8, 4) is 0 Å². The fourth-order valence-corrected chi connectivity index (χ4v) is 14.3. The van der Waals surface area contributed by atoms with Crippen LogP contribution in [0, 0.1) is 53.3 Å². The van der Waals surface area contributed by atoms with E-state index in [9.17, 15) is 52.7 Å². The molecular weight excluding hydrogens is 1450 g/mol. The van der Waals surface area contributed by atoms with Gasteiger partial charge in [0, 0.05) is 148 Å². The van der Waals surface area contributed by atoms with Gasteiger partial charge in [-0.2, -0.15) is 0 Å². The molecule has 27 heteroatoms. The minimum absolute atomic E-state index is 0.0139. The fourth-order valence-electron chi connectivity index (χ4n) is 14.3. The average Bonchev–Trinajstić information content (AvgIpc) is 0.859. The molecule has 0 aliphatic carbocycles. The van der Waals surface area contributed by atoms with Crippen molar-refractivity contribution in [2.45, 2.75) is 331 Å². The highest BCUT2D eigenvalue weighted by atomic mass is 16.7. The van der Waals surface area contributed by atoms with E-state index in [4.69, 9.17) is 61.9 Å². The molecule has 0 aromatic carbocycles. The Labute approximate surface area is 669 Å². The van der Waals surface area contributed by atoms with Gasteiger partial charge in [0.15, 0.2) is 18.9 Å². The molecule has 0 spiro atoms. The predicted octanol–water partition coefficient (Wildman–Crippen LogP) is 12.6. The van der Waals surface area contributed by atoms with E-state index in [1.165, 1.54) is 20.8 Å². The minimum Gasteiger partial charge on any atom is -0.481 e. The van der Waals surface area contributed by atoms with Crippen LogP contribution in [-0.2, 0) is 110 Å². The largest absolute Gasteiger partial charge is 0.481 e. The summed E-state index contributed by atoms with van der Waals surface area (Å²) in [6.45, 7) is 25.5. The number of ether oxygens (including phenoxy) is 12. The molecule has 6 unspecified atom stereocenters. The first-order valence-electron chi connectivity index (χ1n) is 42.6. The standard InChI is InChI=1S/C85H147N3O24/c1-59-62(4)75(53-107-68(10)89)110-82(65(59)7)104-47-29-19-25-39-78(96)86-45-32-46-87-79(97)44-52-103-58-85(88-80(98)40-24-15-13-14-16-26-41-81(99)100,56-101-50-42-73(94)35-22-17-20-33-71(92)37-27-30-48-105-83-66(8)60(2)63(5)76(111-83)54-108-69(11)90)57-102-51-43-74(95)36-23-18-21-34-72(93)38-28-31-49-106-84-67(9)61(3)64(6)77(112-84)55-109-70(12)91/h59-67,75-77,82-84H,13-58H2,1-12H3,(H,86,96)(H,87,97)(H,88,98)(H,99,100)/t59-,60-,61-,62+,63+,64+,65?,66?,67?,75?,76?,77?,82+,83+,84+,85?/m0/s1. The van der Waals surface area contributed by atoms with Crippen LogP contribution in [0.25, 0.3) is 0 Å². The number of carboxylic acid groups (broad SMARTS) is 1. The maximum absolute atomic E-state index is 13.9. The zero-order chi connectivity index (χ0) is 82.6. The average molecular weight is 1600 g/mol. The van der Waals surface area contributed by atoms with Crippen LogP contribution in [-0.4, -0.2) is 205 Å². The zero-order valence-electron chi connectivity index (χ0n) is 70.5. The highest BCUT2D eigenvalue weighted by Crippen LogP contribution is 2.39. The Hall–Kier alpha value is -5.39. The van der Waals surface area contributed by atoms with Gasteiger partial charge in [-0.3, -0.25) is 52.7 Å². The van der Waals surface area contributed by atoms with Crippen LogP contribution in [0.3, 0.4) is 0 Å². The molecule has 15 atom stereocenters. The van der Waals surface area contributed by atoms with Crippen molar-refractivity contribution in [2.75, 3.05) is 92.4 Å². The summed E-state index contributed by atoms with van der Waals surface area (Å²) in [5, 5.41) is 18.0. The molecule has 3 rings (SSSR count). The summed E-state index contributed by atoms with van der Waals surface area (Å²) >= 11 is 0.